The maximum absolute atomic E-state index is 12.9. The van der Waals surface area contributed by atoms with E-state index in [4.69, 9.17) is 9.47 Å². The number of hydrazone groups is 1. The third-order valence-corrected chi connectivity index (χ3v) is 3.68. The van der Waals surface area contributed by atoms with Crippen molar-refractivity contribution in [3.63, 3.8) is 0 Å². The summed E-state index contributed by atoms with van der Waals surface area (Å²) in [4.78, 5) is 0. The normalized spacial score (nSPS) is 10.7. The van der Waals surface area contributed by atoms with E-state index in [0.717, 1.165) is 16.8 Å². The maximum atomic E-state index is 12.9. The molecule has 3 aromatic rings. The number of nitrogens with one attached hydrogen (secondary N) is 1. The van der Waals surface area contributed by atoms with Crippen LogP contribution >= 0.6 is 0 Å². The Labute approximate surface area is 151 Å². The number of methoxy groups -OCH3 is 1. The topological polar surface area (TPSA) is 42.8 Å². The molecule has 0 aliphatic carbocycles. The van der Waals surface area contributed by atoms with Crippen molar-refractivity contribution in [1.29, 1.82) is 0 Å². The zero-order valence-corrected chi connectivity index (χ0v) is 14.4. The molecule has 0 amide bonds. The number of benzene rings is 3. The van der Waals surface area contributed by atoms with Crippen LogP contribution in [0.2, 0.25) is 0 Å². The summed E-state index contributed by atoms with van der Waals surface area (Å²) in [5.41, 5.74) is 5.63. The number of halogens is 1. The Morgan fingerprint density at radius 1 is 0.962 bits per heavy atom. The van der Waals surface area contributed by atoms with Gasteiger partial charge in [-0.15, -0.1) is 0 Å². The number of rotatable bonds is 7. The van der Waals surface area contributed by atoms with Crippen molar-refractivity contribution in [2.75, 3.05) is 12.5 Å². The zero-order valence-electron chi connectivity index (χ0n) is 14.4. The minimum Gasteiger partial charge on any atom is -0.493 e. The summed E-state index contributed by atoms with van der Waals surface area (Å²) < 4.78 is 24.1. The summed E-state index contributed by atoms with van der Waals surface area (Å²) in [6.07, 6.45) is 1.71. The van der Waals surface area contributed by atoms with E-state index in [1.54, 1.807) is 25.5 Å². The van der Waals surface area contributed by atoms with Crippen LogP contribution in [0, 0.1) is 5.82 Å². The minimum atomic E-state index is -0.265. The molecule has 4 nitrogen and oxygen atoms in total. The summed E-state index contributed by atoms with van der Waals surface area (Å²) in [5.74, 6) is 0.958. The predicted molar refractivity (Wildman–Crippen MR) is 101 cm³/mol. The van der Waals surface area contributed by atoms with Crippen molar-refractivity contribution in [2.24, 2.45) is 5.10 Å². The highest BCUT2D eigenvalue weighted by Gasteiger charge is 2.06. The molecule has 0 bridgehead atoms. The lowest BCUT2D eigenvalue weighted by molar-refractivity contribution is 0.284. The molecule has 3 aromatic carbocycles. The molecule has 0 fully saturated rings. The van der Waals surface area contributed by atoms with E-state index < -0.39 is 0 Å². The van der Waals surface area contributed by atoms with Gasteiger partial charge < -0.3 is 9.47 Å². The second-order valence-electron chi connectivity index (χ2n) is 5.56. The first kappa shape index (κ1) is 17.5. The summed E-state index contributed by atoms with van der Waals surface area (Å²) in [6.45, 7) is 0.333. The standard InChI is InChI=1S/C21H19FN2O2/c1-25-21-13-17(14-23-24-19-5-3-2-4-6-19)9-12-20(21)26-15-16-7-10-18(22)11-8-16/h2-14,24H,15H2,1H3/b23-14+. The second kappa shape index (κ2) is 8.67. The van der Waals surface area contributed by atoms with Gasteiger partial charge in [-0.1, -0.05) is 30.3 Å². The molecule has 0 aliphatic rings. The van der Waals surface area contributed by atoms with Gasteiger partial charge in [0.25, 0.3) is 0 Å². The van der Waals surface area contributed by atoms with Crippen LogP contribution in [0.1, 0.15) is 11.1 Å². The van der Waals surface area contributed by atoms with Crippen LogP contribution in [0.3, 0.4) is 0 Å². The van der Waals surface area contributed by atoms with Gasteiger partial charge in [-0.2, -0.15) is 5.10 Å². The molecule has 26 heavy (non-hydrogen) atoms. The molecule has 0 radical (unpaired) electrons. The van der Waals surface area contributed by atoms with E-state index in [1.807, 2.05) is 48.5 Å². The molecule has 0 heterocycles. The molecule has 5 heteroatoms. The number of para-hydroxylation sites is 1. The molecule has 0 atom stereocenters. The van der Waals surface area contributed by atoms with Crippen LogP contribution in [0.5, 0.6) is 11.5 Å². The first-order valence-corrected chi connectivity index (χ1v) is 8.14. The Bertz CT molecular complexity index is 865. The van der Waals surface area contributed by atoms with E-state index in [0.29, 0.717) is 18.1 Å². The largest absolute Gasteiger partial charge is 0.493 e. The Morgan fingerprint density at radius 2 is 1.73 bits per heavy atom. The highest BCUT2D eigenvalue weighted by Crippen LogP contribution is 2.28. The van der Waals surface area contributed by atoms with Gasteiger partial charge in [0.05, 0.1) is 19.0 Å². The van der Waals surface area contributed by atoms with Crippen LogP contribution in [-0.2, 0) is 6.61 Å². The van der Waals surface area contributed by atoms with E-state index in [9.17, 15) is 4.39 Å². The molecule has 0 spiro atoms. The van der Waals surface area contributed by atoms with Crippen molar-refractivity contribution in [1.82, 2.24) is 0 Å². The van der Waals surface area contributed by atoms with Crippen LogP contribution in [0.25, 0.3) is 0 Å². The smallest absolute Gasteiger partial charge is 0.161 e. The average molecular weight is 350 g/mol. The molecule has 0 saturated carbocycles. The van der Waals surface area contributed by atoms with E-state index >= 15 is 0 Å². The number of nitrogens with zero attached hydrogens (tertiary/aromatic N) is 1. The van der Waals surface area contributed by atoms with Crippen molar-refractivity contribution in [2.45, 2.75) is 6.61 Å². The molecule has 132 valence electrons. The van der Waals surface area contributed by atoms with Gasteiger partial charge >= 0.3 is 0 Å². The van der Waals surface area contributed by atoms with E-state index in [-0.39, 0.29) is 5.82 Å². The molecule has 0 unspecified atom stereocenters. The molecule has 1 N–H and O–H groups in total. The molecule has 3 rings (SSSR count). The quantitative estimate of drug-likeness (QED) is 0.489. The van der Waals surface area contributed by atoms with Crippen molar-refractivity contribution < 1.29 is 13.9 Å². The maximum Gasteiger partial charge on any atom is 0.161 e. The fourth-order valence-corrected chi connectivity index (χ4v) is 2.32. The fraction of sp³-hybridized carbons (Fsp3) is 0.0952. The lowest BCUT2D eigenvalue weighted by Crippen LogP contribution is -1.99. The summed E-state index contributed by atoms with van der Waals surface area (Å²) in [5, 5.41) is 4.21. The van der Waals surface area contributed by atoms with Gasteiger partial charge in [0.2, 0.25) is 0 Å². The number of hydrogen-bond acceptors (Lipinski definition) is 4. The van der Waals surface area contributed by atoms with Crippen LogP contribution in [0.4, 0.5) is 10.1 Å². The summed E-state index contributed by atoms with van der Waals surface area (Å²) >= 11 is 0. The third kappa shape index (κ3) is 4.83. The Kier molecular flexibility index (Phi) is 5.83. The van der Waals surface area contributed by atoms with E-state index in [2.05, 4.69) is 10.5 Å². The average Bonchev–Trinajstić information content (AvgIpc) is 2.69. The highest BCUT2D eigenvalue weighted by atomic mass is 19.1. The SMILES string of the molecule is COc1cc(/C=N/Nc2ccccc2)ccc1OCc1ccc(F)cc1. The third-order valence-electron chi connectivity index (χ3n) is 3.68. The predicted octanol–water partition coefficient (Wildman–Crippen LogP) is 4.86. The lowest BCUT2D eigenvalue weighted by atomic mass is 10.2. The van der Waals surface area contributed by atoms with Crippen LogP contribution in [0.15, 0.2) is 77.9 Å². The molecular weight excluding hydrogens is 331 g/mol. The molecule has 0 aliphatic heterocycles. The Balaban J connectivity index is 1.64. The Hall–Kier alpha value is -3.34. The minimum absolute atomic E-state index is 0.265. The van der Waals surface area contributed by atoms with Gasteiger partial charge in [0.15, 0.2) is 11.5 Å². The Morgan fingerprint density at radius 3 is 2.46 bits per heavy atom. The second-order valence-corrected chi connectivity index (χ2v) is 5.56. The van der Waals surface area contributed by atoms with Crippen LogP contribution < -0.4 is 14.9 Å². The summed E-state index contributed by atoms with van der Waals surface area (Å²) in [7, 11) is 1.59. The first-order valence-electron chi connectivity index (χ1n) is 8.14. The van der Waals surface area contributed by atoms with Crippen molar-refractivity contribution in [3.05, 3.63) is 89.7 Å². The highest BCUT2D eigenvalue weighted by molar-refractivity contribution is 5.81. The monoisotopic (exact) mass is 350 g/mol. The van der Waals surface area contributed by atoms with Gasteiger partial charge in [0.1, 0.15) is 12.4 Å². The zero-order chi connectivity index (χ0) is 18.2. The summed E-state index contributed by atoms with van der Waals surface area (Å²) in [6, 6.07) is 21.5. The van der Waals surface area contributed by atoms with Crippen molar-refractivity contribution >= 4 is 11.9 Å². The van der Waals surface area contributed by atoms with Gasteiger partial charge in [-0.05, 0) is 53.6 Å². The van der Waals surface area contributed by atoms with Crippen molar-refractivity contribution in [3.8, 4) is 11.5 Å². The van der Waals surface area contributed by atoms with Crippen LogP contribution in [-0.4, -0.2) is 13.3 Å². The lowest BCUT2D eigenvalue weighted by Gasteiger charge is -2.11. The van der Waals surface area contributed by atoms with Gasteiger partial charge in [-0.3, -0.25) is 5.43 Å². The number of anilines is 1. The van der Waals surface area contributed by atoms with E-state index in [1.165, 1.54) is 12.1 Å². The fourth-order valence-electron chi connectivity index (χ4n) is 2.32. The number of hydrogen-bond donors (Lipinski definition) is 1. The first-order chi connectivity index (χ1) is 12.7. The van der Waals surface area contributed by atoms with Gasteiger partial charge in [0, 0.05) is 0 Å². The number of ether oxygens (including phenoxy) is 2. The molecular formula is C21H19FN2O2. The van der Waals surface area contributed by atoms with Gasteiger partial charge in [-0.25, -0.2) is 4.39 Å². The molecule has 0 saturated heterocycles. The molecule has 0 aromatic heterocycles.